The first kappa shape index (κ1) is 25.3. The second-order valence-electron chi connectivity index (χ2n) is 7.06. The van der Waals surface area contributed by atoms with Crippen molar-refractivity contribution < 1.29 is 42.9 Å². The molecule has 0 aliphatic carbocycles. The SMILES string of the molecule is COC(=O)[C@@](N)(CCOC(=O)Oc1ccccc1)Cc1ccc(OC(C)=O)c(OC(C)=O)c1. The molecule has 0 amide bonds. The molecule has 0 aliphatic heterocycles. The van der Waals surface area contributed by atoms with Crippen molar-refractivity contribution in [3.8, 4) is 17.2 Å². The highest BCUT2D eigenvalue weighted by atomic mass is 16.7. The van der Waals surface area contributed by atoms with Crippen molar-refractivity contribution >= 4 is 24.1 Å². The minimum absolute atomic E-state index is 0.00916. The van der Waals surface area contributed by atoms with E-state index < -0.39 is 29.6 Å². The molecule has 33 heavy (non-hydrogen) atoms. The van der Waals surface area contributed by atoms with Crippen LogP contribution in [0.15, 0.2) is 48.5 Å². The van der Waals surface area contributed by atoms with Crippen molar-refractivity contribution in [2.24, 2.45) is 5.73 Å². The number of hydrogen-bond donors (Lipinski definition) is 1. The smallest absolute Gasteiger partial charge is 0.468 e. The highest BCUT2D eigenvalue weighted by molar-refractivity contribution is 5.81. The third kappa shape index (κ3) is 7.93. The predicted octanol–water partition coefficient (Wildman–Crippen LogP) is 2.56. The van der Waals surface area contributed by atoms with Gasteiger partial charge in [-0.05, 0) is 29.8 Å². The van der Waals surface area contributed by atoms with Gasteiger partial charge in [-0.2, -0.15) is 0 Å². The van der Waals surface area contributed by atoms with Gasteiger partial charge in [-0.3, -0.25) is 14.4 Å². The fourth-order valence-electron chi connectivity index (χ4n) is 2.90. The molecule has 1 atom stereocenters. The number of carbonyl (C=O) groups is 4. The van der Waals surface area contributed by atoms with Crippen LogP contribution in [0.3, 0.4) is 0 Å². The molecule has 2 rings (SSSR count). The van der Waals surface area contributed by atoms with Gasteiger partial charge in [-0.25, -0.2) is 4.79 Å². The molecule has 0 radical (unpaired) electrons. The first-order valence-electron chi connectivity index (χ1n) is 9.89. The molecule has 2 aromatic rings. The molecule has 0 aromatic heterocycles. The second kappa shape index (κ2) is 11.6. The fraction of sp³-hybridized carbons (Fsp3) is 0.304. The van der Waals surface area contributed by atoms with Gasteiger partial charge in [0.25, 0.3) is 0 Å². The van der Waals surface area contributed by atoms with Crippen LogP contribution in [-0.2, 0) is 30.3 Å². The molecular formula is C23H25NO9. The van der Waals surface area contributed by atoms with Crippen molar-refractivity contribution in [3.63, 3.8) is 0 Å². The summed E-state index contributed by atoms with van der Waals surface area (Å²) in [5, 5.41) is 0. The van der Waals surface area contributed by atoms with Gasteiger partial charge in [0.15, 0.2) is 11.5 Å². The third-order valence-corrected chi connectivity index (χ3v) is 4.34. The summed E-state index contributed by atoms with van der Waals surface area (Å²) in [6.45, 7) is 2.17. The van der Waals surface area contributed by atoms with Gasteiger partial charge in [0.05, 0.1) is 13.7 Å². The Bertz CT molecular complexity index is 1010. The van der Waals surface area contributed by atoms with Crippen LogP contribution in [0.4, 0.5) is 4.79 Å². The van der Waals surface area contributed by atoms with Crippen molar-refractivity contribution in [2.45, 2.75) is 32.2 Å². The number of ether oxygens (including phenoxy) is 5. The van der Waals surface area contributed by atoms with E-state index >= 15 is 0 Å². The normalized spacial score (nSPS) is 12.1. The lowest BCUT2D eigenvalue weighted by molar-refractivity contribution is -0.147. The Morgan fingerprint density at radius 1 is 0.879 bits per heavy atom. The van der Waals surface area contributed by atoms with E-state index in [0.29, 0.717) is 11.3 Å². The van der Waals surface area contributed by atoms with Crippen molar-refractivity contribution in [1.29, 1.82) is 0 Å². The summed E-state index contributed by atoms with van der Waals surface area (Å²) in [6.07, 6.45) is -1.08. The van der Waals surface area contributed by atoms with E-state index in [4.69, 9.17) is 29.4 Å². The topological polar surface area (TPSA) is 140 Å². The third-order valence-electron chi connectivity index (χ3n) is 4.34. The van der Waals surface area contributed by atoms with Crippen LogP contribution in [0.2, 0.25) is 0 Å². The minimum Gasteiger partial charge on any atom is -0.468 e. The average molecular weight is 459 g/mol. The molecule has 0 unspecified atom stereocenters. The Morgan fingerprint density at radius 3 is 2.12 bits per heavy atom. The van der Waals surface area contributed by atoms with E-state index in [9.17, 15) is 19.2 Å². The zero-order valence-corrected chi connectivity index (χ0v) is 18.5. The number of hydrogen-bond acceptors (Lipinski definition) is 10. The lowest BCUT2D eigenvalue weighted by atomic mass is 9.88. The van der Waals surface area contributed by atoms with Gasteiger partial charge in [0, 0.05) is 26.7 Å². The molecule has 0 saturated carbocycles. The highest BCUT2D eigenvalue weighted by Gasteiger charge is 2.36. The Balaban J connectivity index is 2.11. The first-order chi connectivity index (χ1) is 15.6. The van der Waals surface area contributed by atoms with Crippen LogP contribution in [-0.4, -0.2) is 43.3 Å². The molecule has 2 N–H and O–H groups in total. The number of esters is 3. The zero-order valence-electron chi connectivity index (χ0n) is 18.5. The summed E-state index contributed by atoms with van der Waals surface area (Å²) in [4.78, 5) is 47.0. The molecule has 176 valence electrons. The number of para-hydroxylation sites is 1. The number of rotatable bonds is 9. The van der Waals surface area contributed by atoms with Crippen LogP contribution in [0, 0.1) is 0 Å². The molecule has 10 heteroatoms. The molecule has 0 heterocycles. The van der Waals surface area contributed by atoms with E-state index in [1.54, 1.807) is 36.4 Å². The Morgan fingerprint density at radius 2 is 1.52 bits per heavy atom. The molecule has 0 saturated heterocycles. The molecule has 0 aliphatic rings. The van der Waals surface area contributed by atoms with Crippen LogP contribution < -0.4 is 19.9 Å². The van der Waals surface area contributed by atoms with Gasteiger partial charge in [0.2, 0.25) is 0 Å². The second-order valence-corrected chi connectivity index (χ2v) is 7.06. The summed E-state index contributed by atoms with van der Waals surface area (Å²) in [6, 6.07) is 12.7. The largest absolute Gasteiger partial charge is 0.513 e. The average Bonchev–Trinajstić information content (AvgIpc) is 2.75. The number of nitrogens with two attached hydrogens (primary N) is 1. The van der Waals surface area contributed by atoms with Crippen LogP contribution >= 0.6 is 0 Å². The summed E-state index contributed by atoms with van der Waals surface area (Å²) in [7, 11) is 1.18. The van der Waals surface area contributed by atoms with Gasteiger partial charge in [-0.15, -0.1) is 0 Å². The van der Waals surface area contributed by atoms with Gasteiger partial charge in [0.1, 0.15) is 11.3 Å². The molecule has 0 spiro atoms. The number of carbonyl (C=O) groups excluding carboxylic acids is 4. The van der Waals surface area contributed by atoms with E-state index in [-0.39, 0.29) is 30.9 Å². The van der Waals surface area contributed by atoms with Crippen LogP contribution in [0.5, 0.6) is 17.2 Å². The zero-order chi connectivity index (χ0) is 24.4. The lowest BCUT2D eigenvalue weighted by Crippen LogP contribution is -2.51. The van der Waals surface area contributed by atoms with Crippen molar-refractivity contribution in [1.82, 2.24) is 0 Å². The summed E-state index contributed by atoms with van der Waals surface area (Å²) in [5.41, 5.74) is 5.21. The molecule has 2 aromatic carbocycles. The maximum absolute atomic E-state index is 12.4. The molecule has 0 fully saturated rings. The highest BCUT2D eigenvalue weighted by Crippen LogP contribution is 2.30. The Kier molecular flexibility index (Phi) is 8.93. The maximum atomic E-state index is 12.4. The van der Waals surface area contributed by atoms with Crippen molar-refractivity contribution in [3.05, 3.63) is 54.1 Å². The van der Waals surface area contributed by atoms with Crippen LogP contribution in [0.1, 0.15) is 25.8 Å². The first-order valence-corrected chi connectivity index (χ1v) is 9.89. The molecule has 10 nitrogen and oxygen atoms in total. The Hall–Kier alpha value is -3.92. The number of benzene rings is 2. The quantitative estimate of drug-likeness (QED) is 0.338. The van der Waals surface area contributed by atoms with E-state index in [2.05, 4.69) is 0 Å². The molecule has 0 bridgehead atoms. The molecular weight excluding hydrogens is 434 g/mol. The van der Waals surface area contributed by atoms with Gasteiger partial charge < -0.3 is 29.4 Å². The number of methoxy groups -OCH3 is 1. The monoisotopic (exact) mass is 459 g/mol. The summed E-state index contributed by atoms with van der Waals surface area (Å²) >= 11 is 0. The lowest BCUT2D eigenvalue weighted by Gasteiger charge is -2.26. The van der Waals surface area contributed by atoms with Gasteiger partial charge in [-0.1, -0.05) is 24.3 Å². The fourth-order valence-corrected chi connectivity index (χ4v) is 2.90. The van der Waals surface area contributed by atoms with Gasteiger partial charge >= 0.3 is 24.1 Å². The van der Waals surface area contributed by atoms with E-state index in [1.807, 2.05) is 0 Å². The van der Waals surface area contributed by atoms with Crippen molar-refractivity contribution in [2.75, 3.05) is 13.7 Å². The van der Waals surface area contributed by atoms with E-state index in [0.717, 1.165) is 0 Å². The Labute approximate surface area is 190 Å². The standard InChI is InChI=1S/C23H25NO9/c1-15(25)31-19-10-9-17(13-20(19)32-16(2)26)14-23(24,21(27)29-3)11-12-30-22(28)33-18-7-5-4-6-8-18/h4-10,13H,11-12,14,24H2,1-3H3/t23-/m1/s1. The summed E-state index contributed by atoms with van der Waals surface area (Å²) < 4.78 is 25.0. The predicted molar refractivity (Wildman–Crippen MR) is 115 cm³/mol. The van der Waals surface area contributed by atoms with E-state index in [1.165, 1.54) is 33.1 Å². The van der Waals surface area contributed by atoms with Crippen LogP contribution in [0.25, 0.3) is 0 Å². The summed E-state index contributed by atoms with van der Waals surface area (Å²) in [5.74, 6) is -1.63. The maximum Gasteiger partial charge on any atom is 0.513 e. The minimum atomic E-state index is -1.57.